The summed E-state index contributed by atoms with van der Waals surface area (Å²) < 4.78 is 38.8. The molecule has 1 aliphatic rings. The van der Waals surface area contributed by atoms with Gasteiger partial charge in [-0.15, -0.1) is 0 Å². The highest BCUT2D eigenvalue weighted by Crippen LogP contribution is 2.42. The summed E-state index contributed by atoms with van der Waals surface area (Å²) in [6.07, 6.45) is -3.08. The minimum atomic E-state index is -4.31. The van der Waals surface area contributed by atoms with Crippen LogP contribution in [0.15, 0.2) is 24.3 Å². The summed E-state index contributed by atoms with van der Waals surface area (Å²) in [7, 11) is 0. The topological polar surface area (TPSA) is 38.0 Å². The number of rotatable bonds is 3. The first kappa shape index (κ1) is 12.4. The van der Waals surface area contributed by atoms with Crippen LogP contribution < -0.4 is 11.1 Å². The predicted molar refractivity (Wildman–Crippen MR) is 59.4 cm³/mol. The van der Waals surface area contributed by atoms with Gasteiger partial charge in [-0.05, 0) is 37.6 Å². The average Bonchev–Trinajstić information content (AvgIpc) is 2.22. The Morgan fingerprint density at radius 3 is 2.41 bits per heavy atom. The minimum absolute atomic E-state index is 0.323. The van der Waals surface area contributed by atoms with E-state index in [2.05, 4.69) is 5.32 Å². The number of benzene rings is 1. The predicted octanol–water partition coefficient (Wildman–Crippen LogP) is 2.24. The smallest absolute Gasteiger partial charge is 0.330 e. The lowest BCUT2D eigenvalue weighted by Gasteiger charge is -2.45. The quantitative estimate of drug-likeness (QED) is 0.855. The van der Waals surface area contributed by atoms with E-state index in [1.807, 2.05) is 0 Å². The van der Waals surface area contributed by atoms with Crippen LogP contribution in [0.4, 0.5) is 13.2 Å². The Labute approximate surface area is 98.0 Å². The van der Waals surface area contributed by atoms with Crippen LogP contribution >= 0.6 is 0 Å². The molecule has 2 rings (SSSR count). The Hall–Kier alpha value is -1.07. The number of alkyl halides is 3. The third kappa shape index (κ3) is 2.17. The van der Waals surface area contributed by atoms with E-state index < -0.39 is 17.3 Å². The first-order chi connectivity index (χ1) is 7.99. The van der Waals surface area contributed by atoms with Crippen LogP contribution in [0.3, 0.4) is 0 Å². The summed E-state index contributed by atoms with van der Waals surface area (Å²) in [6, 6.07) is 5.74. The lowest BCUT2D eigenvalue weighted by Crippen LogP contribution is -2.55. The highest BCUT2D eigenvalue weighted by Gasteiger charge is 2.44. The van der Waals surface area contributed by atoms with Crippen molar-refractivity contribution in [3.8, 4) is 0 Å². The Kier molecular flexibility index (Phi) is 3.14. The van der Waals surface area contributed by atoms with E-state index in [4.69, 9.17) is 5.73 Å². The molecule has 0 amide bonds. The fourth-order valence-corrected chi connectivity index (χ4v) is 2.40. The van der Waals surface area contributed by atoms with Gasteiger partial charge in [0, 0.05) is 5.54 Å². The second-order valence-electron chi connectivity index (χ2n) is 4.34. The van der Waals surface area contributed by atoms with Gasteiger partial charge in [0.25, 0.3) is 0 Å². The van der Waals surface area contributed by atoms with E-state index >= 15 is 0 Å². The van der Waals surface area contributed by atoms with E-state index in [9.17, 15) is 13.2 Å². The van der Waals surface area contributed by atoms with Crippen LogP contribution in [0.25, 0.3) is 0 Å². The molecular weight excluding hydrogens is 229 g/mol. The molecule has 17 heavy (non-hydrogen) atoms. The van der Waals surface area contributed by atoms with Gasteiger partial charge in [-0.2, -0.15) is 13.2 Å². The molecule has 1 saturated heterocycles. The van der Waals surface area contributed by atoms with Crippen molar-refractivity contribution in [2.75, 3.05) is 13.1 Å². The zero-order valence-corrected chi connectivity index (χ0v) is 9.35. The largest absolute Gasteiger partial charge is 0.416 e. The summed E-state index contributed by atoms with van der Waals surface area (Å²) in [5.74, 6) is 0. The number of hydrogen-bond donors (Lipinski definition) is 2. The SMILES string of the molecule is NCCC1(c2ccccc2C(F)(F)F)CCN1. The van der Waals surface area contributed by atoms with Gasteiger partial charge in [0.2, 0.25) is 0 Å². The van der Waals surface area contributed by atoms with Crippen LogP contribution in [-0.2, 0) is 11.7 Å². The molecule has 1 fully saturated rings. The first-order valence-corrected chi connectivity index (χ1v) is 5.61. The van der Waals surface area contributed by atoms with Crippen molar-refractivity contribution in [2.24, 2.45) is 5.73 Å². The third-order valence-corrected chi connectivity index (χ3v) is 3.33. The van der Waals surface area contributed by atoms with Crippen molar-refractivity contribution in [1.29, 1.82) is 0 Å². The minimum Gasteiger partial charge on any atom is -0.330 e. The molecular formula is C12H15F3N2. The molecule has 1 aromatic carbocycles. The third-order valence-electron chi connectivity index (χ3n) is 3.33. The Bertz CT molecular complexity index is 397. The second kappa shape index (κ2) is 4.31. The first-order valence-electron chi connectivity index (χ1n) is 5.61. The average molecular weight is 244 g/mol. The molecule has 2 nitrogen and oxygen atoms in total. The van der Waals surface area contributed by atoms with Crippen LogP contribution in [-0.4, -0.2) is 13.1 Å². The van der Waals surface area contributed by atoms with Gasteiger partial charge in [-0.1, -0.05) is 18.2 Å². The van der Waals surface area contributed by atoms with Gasteiger partial charge in [-0.3, -0.25) is 0 Å². The lowest BCUT2D eigenvalue weighted by atomic mass is 9.76. The van der Waals surface area contributed by atoms with Crippen molar-refractivity contribution < 1.29 is 13.2 Å². The van der Waals surface area contributed by atoms with Gasteiger partial charge in [-0.25, -0.2) is 0 Å². The van der Waals surface area contributed by atoms with Crippen molar-refractivity contribution in [3.63, 3.8) is 0 Å². The maximum Gasteiger partial charge on any atom is 0.416 e. The summed E-state index contributed by atoms with van der Waals surface area (Å²) in [5, 5.41) is 3.11. The molecule has 3 N–H and O–H groups in total. The van der Waals surface area contributed by atoms with Gasteiger partial charge < -0.3 is 11.1 Å². The summed E-state index contributed by atoms with van der Waals surface area (Å²) in [4.78, 5) is 0. The fourth-order valence-electron chi connectivity index (χ4n) is 2.40. The molecule has 1 aromatic rings. The van der Waals surface area contributed by atoms with Crippen LogP contribution in [0.2, 0.25) is 0 Å². The molecule has 0 saturated carbocycles. The molecule has 5 heteroatoms. The second-order valence-corrected chi connectivity index (χ2v) is 4.34. The van der Waals surface area contributed by atoms with Gasteiger partial charge >= 0.3 is 6.18 Å². The summed E-state index contributed by atoms with van der Waals surface area (Å²) >= 11 is 0. The highest BCUT2D eigenvalue weighted by atomic mass is 19.4. The van der Waals surface area contributed by atoms with Gasteiger partial charge in [0.15, 0.2) is 0 Å². The normalized spacial score (nSPS) is 24.5. The summed E-state index contributed by atoms with van der Waals surface area (Å²) in [6.45, 7) is 1.12. The number of halogens is 3. The molecule has 0 aliphatic carbocycles. The zero-order chi connectivity index (χ0) is 12.5. The van der Waals surface area contributed by atoms with Crippen molar-refractivity contribution in [1.82, 2.24) is 5.32 Å². The number of nitrogens with one attached hydrogen (secondary N) is 1. The lowest BCUT2D eigenvalue weighted by molar-refractivity contribution is -0.139. The van der Waals surface area contributed by atoms with E-state index in [0.29, 0.717) is 24.9 Å². The molecule has 0 bridgehead atoms. The van der Waals surface area contributed by atoms with Gasteiger partial charge in [0.05, 0.1) is 5.56 Å². The Balaban J connectivity index is 2.44. The molecule has 0 aromatic heterocycles. The molecule has 0 radical (unpaired) electrons. The van der Waals surface area contributed by atoms with Crippen LogP contribution in [0.1, 0.15) is 24.0 Å². The molecule has 1 unspecified atom stereocenters. The molecule has 1 atom stereocenters. The van der Waals surface area contributed by atoms with Crippen molar-refractivity contribution in [2.45, 2.75) is 24.6 Å². The van der Waals surface area contributed by atoms with E-state index in [1.54, 1.807) is 12.1 Å². The van der Waals surface area contributed by atoms with Crippen LogP contribution in [0.5, 0.6) is 0 Å². The van der Waals surface area contributed by atoms with E-state index in [0.717, 1.165) is 12.6 Å². The summed E-state index contributed by atoms with van der Waals surface area (Å²) in [5.41, 5.74) is 4.69. The Morgan fingerprint density at radius 1 is 1.29 bits per heavy atom. The fraction of sp³-hybridized carbons (Fsp3) is 0.500. The van der Waals surface area contributed by atoms with Crippen LogP contribution in [0, 0.1) is 0 Å². The monoisotopic (exact) mass is 244 g/mol. The highest BCUT2D eigenvalue weighted by molar-refractivity contribution is 5.37. The number of hydrogen-bond acceptors (Lipinski definition) is 2. The van der Waals surface area contributed by atoms with E-state index in [-0.39, 0.29) is 0 Å². The Morgan fingerprint density at radius 2 is 1.94 bits per heavy atom. The standard InChI is InChI=1S/C12H15F3N2/c13-12(14,15)10-4-2-1-3-9(10)11(5-7-16)6-8-17-11/h1-4,17H,5-8,16H2. The molecule has 0 spiro atoms. The maximum atomic E-state index is 12.9. The maximum absolute atomic E-state index is 12.9. The molecule has 94 valence electrons. The molecule has 1 heterocycles. The number of nitrogens with two attached hydrogens (primary N) is 1. The van der Waals surface area contributed by atoms with Crippen molar-refractivity contribution >= 4 is 0 Å². The van der Waals surface area contributed by atoms with Crippen molar-refractivity contribution in [3.05, 3.63) is 35.4 Å². The van der Waals surface area contributed by atoms with Gasteiger partial charge in [0.1, 0.15) is 0 Å². The molecule has 1 aliphatic heterocycles. The van der Waals surface area contributed by atoms with E-state index in [1.165, 1.54) is 6.07 Å². The zero-order valence-electron chi connectivity index (χ0n) is 9.35.